The van der Waals surface area contributed by atoms with E-state index in [0.717, 1.165) is 19.4 Å². The Morgan fingerprint density at radius 2 is 1.35 bits per heavy atom. The normalized spacial score (nSPS) is 20.0. The molecule has 4 rings (SSSR count). The Morgan fingerprint density at radius 1 is 0.750 bits per heavy atom. The number of hydrogen-bond acceptors (Lipinski definition) is 1. The third kappa shape index (κ3) is 1.73. The third-order valence-electron chi connectivity index (χ3n) is 5.02. The second-order valence-electron chi connectivity index (χ2n) is 6.10. The van der Waals surface area contributed by atoms with Crippen molar-refractivity contribution < 1.29 is 0 Å². The summed E-state index contributed by atoms with van der Waals surface area (Å²) in [7, 11) is 0. The van der Waals surface area contributed by atoms with Crippen LogP contribution >= 0.6 is 0 Å². The number of hydrogen-bond donors (Lipinski definition) is 1. The van der Waals surface area contributed by atoms with Crippen LogP contribution in [-0.2, 0) is 18.4 Å². The van der Waals surface area contributed by atoms with E-state index >= 15 is 0 Å². The number of aryl methyl sites for hydroxylation is 2. The maximum Gasteiger partial charge on any atom is 0.0695 e. The molecule has 2 aromatic carbocycles. The molecule has 1 heterocycles. The molecule has 0 unspecified atom stereocenters. The molecule has 2 aliphatic rings. The van der Waals surface area contributed by atoms with E-state index < -0.39 is 0 Å². The van der Waals surface area contributed by atoms with Gasteiger partial charge in [0.15, 0.2) is 0 Å². The zero-order valence-electron chi connectivity index (χ0n) is 11.9. The largest absolute Gasteiger partial charge is 0.304 e. The highest BCUT2D eigenvalue weighted by molar-refractivity contribution is 5.49. The first kappa shape index (κ1) is 12.2. The Balaban J connectivity index is 1.98. The number of benzene rings is 2. The molecule has 1 N–H and O–H groups in total. The van der Waals surface area contributed by atoms with Crippen molar-refractivity contribution in [3.05, 3.63) is 70.8 Å². The number of nitrogens with one attached hydrogen (secondary N) is 1. The number of fused-ring (bicyclic) bond motifs is 4. The van der Waals surface area contributed by atoms with Gasteiger partial charge in [-0.1, -0.05) is 48.5 Å². The number of rotatable bonds is 0. The summed E-state index contributed by atoms with van der Waals surface area (Å²) in [6, 6.07) is 18.1. The molecule has 0 radical (unpaired) electrons. The summed E-state index contributed by atoms with van der Waals surface area (Å²) in [5, 5.41) is 3.89. The molecule has 0 atom stereocenters. The van der Waals surface area contributed by atoms with E-state index in [9.17, 15) is 0 Å². The SMILES string of the molecule is c1ccc2c(c1)CCc1ccccc1C21CCCCN1. The highest BCUT2D eigenvalue weighted by Gasteiger charge is 2.39. The van der Waals surface area contributed by atoms with Gasteiger partial charge in [-0.15, -0.1) is 0 Å². The molecule has 0 bridgehead atoms. The van der Waals surface area contributed by atoms with E-state index in [1.807, 2.05) is 0 Å². The molecule has 0 saturated carbocycles. The second-order valence-corrected chi connectivity index (χ2v) is 6.10. The second kappa shape index (κ2) is 4.75. The van der Waals surface area contributed by atoms with Crippen LogP contribution in [0.1, 0.15) is 41.5 Å². The summed E-state index contributed by atoms with van der Waals surface area (Å²) in [5.74, 6) is 0. The van der Waals surface area contributed by atoms with Crippen molar-refractivity contribution in [2.45, 2.75) is 37.6 Å². The van der Waals surface area contributed by atoms with Crippen LogP contribution in [0, 0.1) is 0 Å². The summed E-state index contributed by atoms with van der Waals surface area (Å²) < 4.78 is 0. The molecule has 20 heavy (non-hydrogen) atoms. The smallest absolute Gasteiger partial charge is 0.0695 e. The Morgan fingerprint density at radius 3 is 1.90 bits per heavy atom. The molecular weight excluding hydrogens is 242 g/mol. The molecule has 1 aliphatic carbocycles. The van der Waals surface area contributed by atoms with Crippen LogP contribution < -0.4 is 5.32 Å². The lowest BCUT2D eigenvalue weighted by molar-refractivity contribution is 0.309. The average Bonchev–Trinajstić information content (AvgIpc) is 2.66. The molecule has 1 fully saturated rings. The van der Waals surface area contributed by atoms with Gasteiger partial charge in [0.25, 0.3) is 0 Å². The molecule has 0 amide bonds. The summed E-state index contributed by atoms with van der Waals surface area (Å²) >= 11 is 0. The highest BCUT2D eigenvalue weighted by Crippen LogP contribution is 2.42. The van der Waals surface area contributed by atoms with Crippen molar-refractivity contribution >= 4 is 0 Å². The van der Waals surface area contributed by atoms with Gasteiger partial charge < -0.3 is 5.32 Å². The summed E-state index contributed by atoms with van der Waals surface area (Å²) in [6.07, 6.45) is 6.16. The van der Waals surface area contributed by atoms with E-state index in [1.54, 1.807) is 0 Å². The van der Waals surface area contributed by atoms with Gasteiger partial charge >= 0.3 is 0 Å². The fourth-order valence-corrected chi connectivity index (χ4v) is 4.09. The van der Waals surface area contributed by atoms with Gasteiger partial charge in [-0.05, 0) is 60.9 Å². The number of piperidine rings is 1. The molecule has 1 aliphatic heterocycles. The van der Waals surface area contributed by atoms with Crippen LogP contribution in [0.2, 0.25) is 0 Å². The minimum atomic E-state index is 0.0575. The molecule has 0 aromatic heterocycles. The first-order valence-electron chi connectivity index (χ1n) is 7.82. The average molecular weight is 263 g/mol. The predicted octanol–water partition coefficient (Wildman–Crippen LogP) is 3.80. The zero-order chi connectivity index (χ0) is 13.4. The summed E-state index contributed by atoms with van der Waals surface area (Å²) in [5.41, 5.74) is 6.15. The van der Waals surface area contributed by atoms with Gasteiger partial charge in [-0.2, -0.15) is 0 Å². The van der Waals surface area contributed by atoms with Crippen molar-refractivity contribution in [2.75, 3.05) is 6.54 Å². The van der Waals surface area contributed by atoms with Crippen molar-refractivity contribution in [1.82, 2.24) is 5.32 Å². The molecule has 102 valence electrons. The van der Waals surface area contributed by atoms with E-state index in [1.165, 1.54) is 41.5 Å². The highest BCUT2D eigenvalue weighted by atomic mass is 15.0. The van der Waals surface area contributed by atoms with Crippen molar-refractivity contribution in [3.8, 4) is 0 Å². The maximum atomic E-state index is 3.89. The van der Waals surface area contributed by atoms with Gasteiger partial charge in [-0.3, -0.25) is 0 Å². The Bertz CT molecular complexity index is 574. The topological polar surface area (TPSA) is 12.0 Å². The Hall–Kier alpha value is -1.60. The maximum absolute atomic E-state index is 3.89. The molecule has 1 saturated heterocycles. The quantitative estimate of drug-likeness (QED) is 0.762. The zero-order valence-corrected chi connectivity index (χ0v) is 11.9. The third-order valence-corrected chi connectivity index (χ3v) is 5.02. The van der Waals surface area contributed by atoms with Crippen molar-refractivity contribution in [3.63, 3.8) is 0 Å². The van der Waals surface area contributed by atoms with Crippen LogP contribution in [0.3, 0.4) is 0 Å². The van der Waals surface area contributed by atoms with Crippen LogP contribution in [0.5, 0.6) is 0 Å². The van der Waals surface area contributed by atoms with E-state index in [4.69, 9.17) is 0 Å². The molecule has 1 spiro atoms. The first-order chi connectivity index (χ1) is 9.90. The molecule has 1 heteroatoms. The van der Waals surface area contributed by atoms with Gasteiger partial charge in [-0.25, -0.2) is 0 Å². The standard InChI is InChI=1S/C19H21N/c1-3-9-17-15(7-1)11-12-16-8-2-4-10-18(16)19(17)13-5-6-14-20-19/h1-4,7-10,20H,5-6,11-14H2. The predicted molar refractivity (Wildman–Crippen MR) is 82.9 cm³/mol. The van der Waals surface area contributed by atoms with Crippen molar-refractivity contribution in [1.29, 1.82) is 0 Å². The Labute approximate surface area is 121 Å². The van der Waals surface area contributed by atoms with Gasteiger partial charge in [0.05, 0.1) is 5.54 Å². The van der Waals surface area contributed by atoms with Crippen LogP contribution in [0.4, 0.5) is 0 Å². The van der Waals surface area contributed by atoms with E-state index in [0.29, 0.717) is 0 Å². The van der Waals surface area contributed by atoms with Crippen LogP contribution in [0.15, 0.2) is 48.5 Å². The molecule has 2 aromatic rings. The van der Waals surface area contributed by atoms with Gasteiger partial charge in [0, 0.05) is 0 Å². The van der Waals surface area contributed by atoms with Crippen LogP contribution in [0.25, 0.3) is 0 Å². The lowest BCUT2D eigenvalue weighted by Gasteiger charge is -2.40. The fourth-order valence-electron chi connectivity index (χ4n) is 4.09. The monoisotopic (exact) mass is 263 g/mol. The Kier molecular flexibility index (Phi) is 2.89. The van der Waals surface area contributed by atoms with Gasteiger partial charge in [0.1, 0.15) is 0 Å². The minimum absolute atomic E-state index is 0.0575. The lowest BCUT2D eigenvalue weighted by Crippen LogP contribution is -2.47. The van der Waals surface area contributed by atoms with Crippen molar-refractivity contribution in [2.24, 2.45) is 0 Å². The van der Waals surface area contributed by atoms with Crippen LogP contribution in [-0.4, -0.2) is 6.54 Å². The molecular formula is C19H21N. The fraction of sp³-hybridized carbons (Fsp3) is 0.368. The van der Waals surface area contributed by atoms with E-state index in [2.05, 4.69) is 53.8 Å². The molecule has 1 nitrogen and oxygen atoms in total. The van der Waals surface area contributed by atoms with Gasteiger partial charge in [0.2, 0.25) is 0 Å². The van der Waals surface area contributed by atoms with E-state index in [-0.39, 0.29) is 5.54 Å². The lowest BCUT2D eigenvalue weighted by atomic mass is 9.75. The minimum Gasteiger partial charge on any atom is -0.304 e. The summed E-state index contributed by atoms with van der Waals surface area (Å²) in [4.78, 5) is 0. The first-order valence-corrected chi connectivity index (χ1v) is 7.82. The summed E-state index contributed by atoms with van der Waals surface area (Å²) in [6.45, 7) is 1.13.